The Hall–Kier alpha value is -1.32. The molecular formula is C23H44N4. The van der Waals surface area contributed by atoms with Crippen molar-refractivity contribution in [1.82, 2.24) is 9.97 Å². The number of hydrogen-bond donors (Lipinski definition) is 2. The lowest BCUT2D eigenvalue weighted by atomic mass is 10.1. The number of aryl methyl sites for hydroxylation is 1. The lowest BCUT2D eigenvalue weighted by molar-refractivity contribution is 0.616. The zero-order valence-electron chi connectivity index (χ0n) is 18.3. The van der Waals surface area contributed by atoms with Gasteiger partial charge in [0, 0.05) is 24.8 Å². The first-order valence-electron chi connectivity index (χ1n) is 11.7. The Labute approximate surface area is 168 Å². The summed E-state index contributed by atoms with van der Waals surface area (Å²) < 4.78 is 0. The molecular weight excluding hydrogens is 332 g/mol. The van der Waals surface area contributed by atoms with E-state index in [0.29, 0.717) is 0 Å². The number of aromatic nitrogens is 2. The Kier molecular flexibility index (Phi) is 14.8. The molecule has 1 aromatic rings. The van der Waals surface area contributed by atoms with E-state index in [1.165, 1.54) is 77.0 Å². The molecule has 0 radical (unpaired) electrons. The van der Waals surface area contributed by atoms with Crippen LogP contribution in [-0.2, 0) is 6.42 Å². The lowest BCUT2D eigenvalue weighted by Gasteiger charge is -2.11. The van der Waals surface area contributed by atoms with Crippen molar-refractivity contribution >= 4 is 11.8 Å². The van der Waals surface area contributed by atoms with Gasteiger partial charge in [0.05, 0.1) is 0 Å². The van der Waals surface area contributed by atoms with E-state index in [9.17, 15) is 0 Å². The van der Waals surface area contributed by atoms with E-state index in [0.717, 1.165) is 43.4 Å². The van der Waals surface area contributed by atoms with Crippen molar-refractivity contribution < 1.29 is 0 Å². The van der Waals surface area contributed by atoms with Crippen molar-refractivity contribution in [1.29, 1.82) is 0 Å². The third-order valence-electron chi connectivity index (χ3n) is 4.94. The summed E-state index contributed by atoms with van der Waals surface area (Å²) in [7, 11) is 0. The highest BCUT2D eigenvalue weighted by molar-refractivity contribution is 5.42. The number of nitrogens with zero attached hydrogens (tertiary/aromatic N) is 2. The van der Waals surface area contributed by atoms with E-state index in [2.05, 4.69) is 47.4 Å². The summed E-state index contributed by atoms with van der Waals surface area (Å²) in [6.45, 7) is 8.71. The Morgan fingerprint density at radius 2 is 1.19 bits per heavy atom. The van der Waals surface area contributed by atoms with Gasteiger partial charge in [0.1, 0.15) is 5.82 Å². The van der Waals surface area contributed by atoms with Crippen LogP contribution < -0.4 is 10.6 Å². The third kappa shape index (κ3) is 12.6. The first kappa shape index (κ1) is 23.7. The third-order valence-corrected chi connectivity index (χ3v) is 4.94. The summed E-state index contributed by atoms with van der Waals surface area (Å²) in [6.07, 6.45) is 17.9. The number of anilines is 2. The predicted molar refractivity (Wildman–Crippen MR) is 120 cm³/mol. The van der Waals surface area contributed by atoms with Crippen LogP contribution in [0, 0.1) is 0 Å². The van der Waals surface area contributed by atoms with E-state index in [-0.39, 0.29) is 0 Å². The van der Waals surface area contributed by atoms with Crippen LogP contribution in [0.2, 0.25) is 0 Å². The fourth-order valence-corrected chi connectivity index (χ4v) is 3.28. The molecule has 0 saturated carbocycles. The monoisotopic (exact) mass is 376 g/mol. The standard InChI is InChI=1S/C23H44N4/c1-4-7-9-11-13-15-18-24-22-20-21(17-6-3)26-23(27-22)25-19-16-14-12-10-8-5-2/h20H,4-19H2,1-3H3,(H2,24,25,26,27). The Balaban J connectivity index is 2.34. The second kappa shape index (κ2) is 16.8. The van der Waals surface area contributed by atoms with E-state index in [4.69, 9.17) is 0 Å². The maximum atomic E-state index is 4.69. The molecule has 0 spiro atoms. The smallest absolute Gasteiger partial charge is 0.224 e. The highest BCUT2D eigenvalue weighted by Crippen LogP contribution is 2.13. The Morgan fingerprint density at radius 1 is 0.630 bits per heavy atom. The number of rotatable bonds is 18. The normalized spacial score (nSPS) is 10.9. The maximum Gasteiger partial charge on any atom is 0.224 e. The topological polar surface area (TPSA) is 49.8 Å². The zero-order chi connectivity index (χ0) is 19.6. The minimum Gasteiger partial charge on any atom is -0.370 e. The van der Waals surface area contributed by atoms with Crippen LogP contribution in [-0.4, -0.2) is 23.1 Å². The summed E-state index contributed by atoms with van der Waals surface area (Å²) in [4.78, 5) is 9.36. The Morgan fingerprint density at radius 3 is 1.78 bits per heavy atom. The van der Waals surface area contributed by atoms with Crippen LogP contribution in [0.3, 0.4) is 0 Å². The van der Waals surface area contributed by atoms with Gasteiger partial charge < -0.3 is 10.6 Å². The largest absolute Gasteiger partial charge is 0.370 e. The van der Waals surface area contributed by atoms with E-state index >= 15 is 0 Å². The van der Waals surface area contributed by atoms with Gasteiger partial charge in [-0.1, -0.05) is 91.4 Å². The molecule has 4 heteroatoms. The molecule has 0 bridgehead atoms. The molecule has 0 aliphatic rings. The summed E-state index contributed by atoms with van der Waals surface area (Å²) in [5.74, 6) is 1.77. The van der Waals surface area contributed by atoms with Crippen LogP contribution >= 0.6 is 0 Å². The molecule has 0 aliphatic heterocycles. The molecule has 4 nitrogen and oxygen atoms in total. The van der Waals surface area contributed by atoms with Crippen LogP contribution in [0.15, 0.2) is 6.07 Å². The molecule has 2 N–H and O–H groups in total. The van der Waals surface area contributed by atoms with Gasteiger partial charge in [0.15, 0.2) is 0 Å². The summed E-state index contributed by atoms with van der Waals surface area (Å²) >= 11 is 0. The van der Waals surface area contributed by atoms with Crippen LogP contribution in [0.25, 0.3) is 0 Å². The van der Waals surface area contributed by atoms with Crippen LogP contribution in [0.4, 0.5) is 11.8 Å². The molecule has 1 rings (SSSR count). The van der Waals surface area contributed by atoms with Gasteiger partial charge >= 0.3 is 0 Å². The summed E-state index contributed by atoms with van der Waals surface area (Å²) in [5, 5.41) is 6.95. The van der Waals surface area contributed by atoms with Crippen molar-refractivity contribution in [3.05, 3.63) is 11.8 Å². The number of nitrogens with one attached hydrogen (secondary N) is 2. The quantitative estimate of drug-likeness (QED) is 0.271. The average molecular weight is 377 g/mol. The summed E-state index contributed by atoms with van der Waals surface area (Å²) in [5.41, 5.74) is 1.14. The molecule has 0 aliphatic carbocycles. The SMILES string of the molecule is CCCCCCCCNc1cc(CCC)nc(NCCCCCCCC)n1. The van der Waals surface area contributed by atoms with Crippen molar-refractivity contribution in [3.63, 3.8) is 0 Å². The second-order valence-corrected chi connectivity index (χ2v) is 7.71. The van der Waals surface area contributed by atoms with Crippen LogP contribution in [0.5, 0.6) is 0 Å². The number of unbranched alkanes of at least 4 members (excludes halogenated alkanes) is 10. The molecule has 1 heterocycles. The van der Waals surface area contributed by atoms with Crippen molar-refractivity contribution in [2.75, 3.05) is 23.7 Å². The number of hydrogen-bond acceptors (Lipinski definition) is 4. The average Bonchev–Trinajstić information content (AvgIpc) is 2.67. The van der Waals surface area contributed by atoms with Crippen molar-refractivity contribution in [3.8, 4) is 0 Å². The minimum absolute atomic E-state index is 0.792. The molecule has 0 aromatic carbocycles. The molecule has 156 valence electrons. The zero-order valence-corrected chi connectivity index (χ0v) is 18.3. The van der Waals surface area contributed by atoms with Crippen LogP contribution in [0.1, 0.15) is 110 Å². The Bertz CT molecular complexity index is 425. The van der Waals surface area contributed by atoms with E-state index < -0.39 is 0 Å². The van der Waals surface area contributed by atoms with Gasteiger partial charge in [0.25, 0.3) is 0 Å². The molecule has 0 unspecified atom stereocenters. The lowest BCUT2D eigenvalue weighted by Crippen LogP contribution is -2.10. The van der Waals surface area contributed by atoms with Gasteiger partial charge in [-0.2, -0.15) is 4.98 Å². The molecule has 27 heavy (non-hydrogen) atoms. The van der Waals surface area contributed by atoms with Gasteiger partial charge in [-0.3, -0.25) is 0 Å². The first-order valence-corrected chi connectivity index (χ1v) is 11.7. The fourth-order valence-electron chi connectivity index (χ4n) is 3.28. The van der Waals surface area contributed by atoms with E-state index in [1.54, 1.807) is 0 Å². The molecule has 0 atom stereocenters. The summed E-state index contributed by atoms with van der Waals surface area (Å²) in [6, 6.07) is 2.12. The highest BCUT2D eigenvalue weighted by atomic mass is 15.1. The molecule has 0 amide bonds. The van der Waals surface area contributed by atoms with Gasteiger partial charge in [-0.25, -0.2) is 4.98 Å². The van der Waals surface area contributed by atoms with E-state index in [1.807, 2.05) is 0 Å². The molecule has 1 aromatic heterocycles. The van der Waals surface area contributed by atoms with Crippen molar-refractivity contribution in [2.24, 2.45) is 0 Å². The molecule has 0 saturated heterocycles. The van der Waals surface area contributed by atoms with Crippen molar-refractivity contribution in [2.45, 2.75) is 111 Å². The first-order chi connectivity index (χ1) is 13.3. The predicted octanol–water partition coefficient (Wildman–Crippen LogP) is 6.97. The highest BCUT2D eigenvalue weighted by Gasteiger charge is 2.04. The fraction of sp³-hybridized carbons (Fsp3) is 0.826. The molecule has 0 fully saturated rings. The maximum absolute atomic E-state index is 4.69. The van der Waals surface area contributed by atoms with Gasteiger partial charge in [-0.05, 0) is 19.3 Å². The second-order valence-electron chi connectivity index (χ2n) is 7.71. The van der Waals surface area contributed by atoms with Gasteiger partial charge in [-0.15, -0.1) is 0 Å². The van der Waals surface area contributed by atoms with Gasteiger partial charge in [0.2, 0.25) is 5.95 Å². The minimum atomic E-state index is 0.792.